The maximum Gasteiger partial charge on any atom is 0.0574 e. The molecule has 2 heteroatoms. The molecule has 3 aliphatic carbocycles. The summed E-state index contributed by atoms with van der Waals surface area (Å²) in [6, 6.07) is 0. The van der Waals surface area contributed by atoms with Crippen molar-refractivity contribution in [3.63, 3.8) is 0 Å². The molecule has 0 aromatic heterocycles. The van der Waals surface area contributed by atoms with Crippen molar-refractivity contribution in [3.8, 4) is 0 Å². The van der Waals surface area contributed by atoms with Crippen molar-refractivity contribution in [3.05, 3.63) is 11.6 Å². The van der Waals surface area contributed by atoms with Crippen LogP contribution in [0, 0.1) is 40.9 Å². The lowest BCUT2D eigenvalue weighted by molar-refractivity contribution is -0.0902. The van der Waals surface area contributed by atoms with E-state index in [4.69, 9.17) is 0 Å². The lowest BCUT2D eigenvalue weighted by Crippen LogP contribution is -2.51. The number of allylic oxidation sites excluding steroid dienone is 2. The fourth-order valence-corrected chi connectivity index (χ4v) is 6.02. The first kappa shape index (κ1) is 14.6. The van der Waals surface area contributed by atoms with Crippen molar-refractivity contribution in [1.29, 1.82) is 0 Å². The van der Waals surface area contributed by atoms with Crippen LogP contribution in [-0.2, 0) is 0 Å². The molecule has 8 atom stereocenters. The number of aliphatic hydroxyl groups is 2. The molecule has 0 heterocycles. The molecule has 0 radical (unpaired) electrons. The molecule has 3 aliphatic rings. The Morgan fingerprint density at radius 3 is 2.60 bits per heavy atom. The second kappa shape index (κ2) is 4.84. The van der Waals surface area contributed by atoms with Crippen molar-refractivity contribution >= 4 is 0 Å². The third-order valence-corrected chi connectivity index (χ3v) is 7.06. The van der Waals surface area contributed by atoms with Crippen LogP contribution in [-0.4, -0.2) is 22.9 Å². The van der Waals surface area contributed by atoms with Crippen molar-refractivity contribution in [1.82, 2.24) is 0 Å². The molecule has 0 aliphatic heterocycles. The van der Waals surface area contributed by atoms with E-state index in [1.165, 1.54) is 12.0 Å². The Hall–Kier alpha value is -0.340. The van der Waals surface area contributed by atoms with Crippen LogP contribution in [0.1, 0.15) is 47.0 Å². The highest BCUT2D eigenvalue weighted by molar-refractivity contribution is 5.23. The first-order chi connectivity index (χ1) is 9.45. The largest absolute Gasteiger partial charge is 0.396 e. The zero-order valence-corrected chi connectivity index (χ0v) is 13.3. The van der Waals surface area contributed by atoms with Gasteiger partial charge in [0.15, 0.2) is 0 Å². The summed E-state index contributed by atoms with van der Waals surface area (Å²) in [6.07, 6.45) is 5.41. The van der Waals surface area contributed by atoms with Crippen LogP contribution in [0.2, 0.25) is 0 Å². The van der Waals surface area contributed by atoms with E-state index >= 15 is 0 Å². The molecule has 3 fully saturated rings. The molecular weight excluding hydrogens is 248 g/mol. The summed E-state index contributed by atoms with van der Waals surface area (Å²) in [5.41, 5.74) is 1.77. The maximum absolute atomic E-state index is 10.5. The van der Waals surface area contributed by atoms with Crippen LogP contribution in [0.15, 0.2) is 11.6 Å². The first-order valence-electron chi connectivity index (χ1n) is 8.37. The normalized spacial score (nSPS) is 55.1. The van der Waals surface area contributed by atoms with Crippen molar-refractivity contribution in [2.75, 3.05) is 6.61 Å². The molecular formula is C18H30O2. The van der Waals surface area contributed by atoms with Gasteiger partial charge in [-0.3, -0.25) is 0 Å². The van der Waals surface area contributed by atoms with Crippen LogP contribution in [0.4, 0.5) is 0 Å². The third kappa shape index (κ3) is 1.84. The van der Waals surface area contributed by atoms with Gasteiger partial charge in [-0.2, -0.15) is 0 Å². The number of fused-ring (bicyclic) bond motifs is 3. The van der Waals surface area contributed by atoms with Gasteiger partial charge in [0.2, 0.25) is 0 Å². The molecule has 3 rings (SSSR count). The fourth-order valence-electron chi connectivity index (χ4n) is 6.02. The Balaban J connectivity index is 2.01. The topological polar surface area (TPSA) is 40.5 Å². The second-order valence-electron chi connectivity index (χ2n) is 7.95. The lowest BCUT2D eigenvalue weighted by Gasteiger charge is -2.52. The van der Waals surface area contributed by atoms with Gasteiger partial charge >= 0.3 is 0 Å². The highest BCUT2D eigenvalue weighted by atomic mass is 16.3. The quantitative estimate of drug-likeness (QED) is 0.761. The zero-order chi connectivity index (χ0) is 14.7. The summed E-state index contributed by atoms with van der Waals surface area (Å²) in [7, 11) is 0. The molecule has 0 saturated heterocycles. The van der Waals surface area contributed by atoms with Crippen molar-refractivity contribution < 1.29 is 10.2 Å². The summed E-state index contributed by atoms with van der Waals surface area (Å²) < 4.78 is 0. The number of hydrogen-bond donors (Lipinski definition) is 2. The van der Waals surface area contributed by atoms with E-state index in [0.29, 0.717) is 40.9 Å². The summed E-state index contributed by atoms with van der Waals surface area (Å²) in [5, 5.41) is 20.6. The highest BCUT2D eigenvalue weighted by Crippen LogP contribution is 2.72. The van der Waals surface area contributed by atoms with E-state index in [-0.39, 0.29) is 12.7 Å². The smallest absolute Gasteiger partial charge is 0.0574 e. The Morgan fingerprint density at radius 2 is 2.00 bits per heavy atom. The summed E-state index contributed by atoms with van der Waals surface area (Å²) in [6.45, 7) is 9.35. The van der Waals surface area contributed by atoms with Gasteiger partial charge in [-0.1, -0.05) is 25.5 Å². The molecule has 20 heavy (non-hydrogen) atoms. The molecule has 2 nitrogen and oxygen atoms in total. The monoisotopic (exact) mass is 278 g/mol. The standard InChI is InChI=1S/C18H30O2/c1-5-10(2)17-12(9-19)15-11(3)6-7-14(20)16(15)13-8-18(13,17)4/h5,11-17,19-20H,6-9H2,1-4H3/t11-,12-,13+,14-,15-,16-,17-,18+/m0/s1. The average Bonchev–Trinajstić information content (AvgIpc) is 3.11. The number of rotatable bonds is 2. The van der Waals surface area contributed by atoms with Crippen LogP contribution in [0.25, 0.3) is 0 Å². The van der Waals surface area contributed by atoms with Gasteiger partial charge in [0, 0.05) is 6.61 Å². The van der Waals surface area contributed by atoms with Crippen molar-refractivity contribution in [2.45, 2.75) is 53.1 Å². The first-order valence-corrected chi connectivity index (χ1v) is 8.37. The van der Waals surface area contributed by atoms with E-state index in [1.807, 2.05) is 0 Å². The SMILES string of the molecule is CC=C(C)[C@H]1[C@@H](CO)[C@H]2[C@@H]([C@H]3C[C@]31C)[C@@H](O)CC[C@@H]2C. The lowest BCUT2D eigenvalue weighted by atomic mass is 9.53. The van der Waals surface area contributed by atoms with Gasteiger partial charge in [-0.15, -0.1) is 0 Å². The van der Waals surface area contributed by atoms with Crippen LogP contribution in [0.3, 0.4) is 0 Å². The van der Waals surface area contributed by atoms with Gasteiger partial charge in [-0.25, -0.2) is 0 Å². The molecule has 0 aromatic rings. The molecule has 3 saturated carbocycles. The Labute approximate surface area is 123 Å². The molecule has 0 bridgehead atoms. The summed E-state index contributed by atoms with van der Waals surface area (Å²) in [5.74, 6) is 3.10. The van der Waals surface area contributed by atoms with Crippen LogP contribution >= 0.6 is 0 Å². The summed E-state index contributed by atoms with van der Waals surface area (Å²) in [4.78, 5) is 0. The minimum Gasteiger partial charge on any atom is -0.396 e. The molecule has 114 valence electrons. The molecule has 2 N–H and O–H groups in total. The van der Waals surface area contributed by atoms with E-state index < -0.39 is 0 Å². The molecule has 0 aromatic carbocycles. The van der Waals surface area contributed by atoms with E-state index in [9.17, 15) is 10.2 Å². The minimum atomic E-state index is -0.135. The van der Waals surface area contributed by atoms with Crippen LogP contribution in [0.5, 0.6) is 0 Å². The van der Waals surface area contributed by atoms with Crippen molar-refractivity contribution in [2.24, 2.45) is 40.9 Å². The predicted octanol–water partition coefficient (Wildman–Crippen LogP) is 3.24. The minimum absolute atomic E-state index is 0.135. The van der Waals surface area contributed by atoms with Gasteiger partial charge in [0.1, 0.15) is 0 Å². The van der Waals surface area contributed by atoms with Gasteiger partial charge < -0.3 is 10.2 Å². The average molecular weight is 278 g/mol. The van der Waals surface area contributed by atoms with E-state index in [1.54, 1.807) is 0 Å². The Bertz CT molecular complexity index is 416. The summed E-state index contributed by atoms with van der Waals surface area (Å²) >= 11 is 0. The predicted molar refractivity (Wildman–Crippen MR) is 81.1 cm³/mol. The van der Waals surface area contributed by atoms with Gasteiger partial charge in [-0.05, 0) is 74.0 Å². The Morgan fingerprint density at radius 1 is 1.30 bits per heavy atom. The second-order valence-corrected chi connectivity index (χ2v) is 7.95. The van der Waals surface area contributed by atoms with Gasteiger partial charge in [0.25, 0.3) is 0 Å². The van der Waals surface area contributed by atoms with E-state index in [0.717, 1.165) is 12.8 Å². The molecule has 0 unspecified atom stereocenters. The van der Waals surface area contributed by atoms with Crippen LogP contribution < -0.4 is 0 Å². The number of aliphatic hydroxyl groups excluding tert-OH is 2. The van der Waals surface area contributed by atoms with E-state index in [2.05, 4.69) is 33.8 Å². The molecule has 0 amide bonds. The number of hydrogen-bond acceptors (Lipinski definition) is 2. The third-order valence-electron chi connectivity index (χ3n) is 7.06. The maximum atomic E-state index is 10.5. The van der Waals surface area contributed by atoms with Gasteiger partial charge in [0.05, 0.1) is 6.10 Å². The molecule has 0 spiro atoms. The Kier molecular flexibility index (Phi) is 3.53. The zero-order valence-electron chi connectivity index (χ0n) is 13.3. The fraction of sp³-hybridized carbons (Fsp3) is 0.889. The highest BCUT2D eigenvalue weighted by Gasteiger charge is 2.68.